The largest absolute Gasteiger partial charge is 0.461 e. The fraction of sp³-hybridized carbons (Fsp3) is 0.480. The van der Waals surface area contributed by atoms with Crippen molar-refractivity contribution in [3.05, 3.63) is 41.7 Å². The summed E-state index contributed by atoms with van der Waals surface area (Å²) in [6.45, 7) is 5.07. The average Bonchev–Trinajstić information content (AvgIpc) is 3.25. The molecule has 35 heavy (non-hydrogen) atoms. The number of nitrogens with zero attached hydrogens (tertiary/aromatic N) is 3. The van der Waals surface area contributed by atoms with Gasteiger partial charge in [0, 0.05) is 30.4 Å². The second-order valence-corrected chi connectivity index (χ2v) is 9.24. The highest BCUT2D eigenvalue weighted by Crippen LogP contribution is 2.34. The smallest absolute Gasteiger partial charge is 0.358 e. The summed E-state index contributed by atoms with van der Waals surface area (Å²) in [4.78, 5) is 52.6. The van der Waals surface area contributed by atoms with E-state index in [-0.39, 0.29) is 42.4 Å². The maximum Gasteiger partial charge on any atom is 0.358 e. The highest BCUT2D eigenvalue weighted by atomic mass is 16.5. The minimum Gasteiger partial charge on any atom is -0.461 e. The van der Waals surface area contributed by atoms with Crippen molar-refractivity contribution in [2.24, 2.45) is 0 Å². The van der Waals surface area contributed by atoms with Crippen molar-refractivity contribution in [1.82, 2.24) is 15.1 Å². The number of benzene rings is 1. The number of anilines is 2. The zero-order chi connectivity index (χ0) is 25.2. The summed E-state index contributed by atoms with van der Waals surface area (Å²) in [5.41, 5.74) is -0.00564. The molecule has 0 saturated heterocycles. The van der Waals surface area contributed by atoms with E-state index in [1.165, 1.54) is 22.6 Å². The Kier molecular flexibility index (Phi) is 6.90. The average molecular weight is 482 g/mol. The van der Waals surface area contributed by atoms with Crippen LogP contribution in [0.3, 0.4) is 0 Å². The topological polar surface area (TPSA) is 123 Å². The van der Waals surface area contributed by atoms with Crippen LogP contribution < -0.4 is 15.5 Å². The van der Waals surface area contributed by atoms with Gasteiger partial charge < -0.3 is 15.4 Å². The summed E-state index contributed by atoms with van der Waals surface area (Å²) >= 11 is 0. The van der Waals surface area contributed by atoms with Gasteiger partial charge in [0.05, 0.1) is 13.2 Å². The summed E-state index contributed by atoms with van der Waals surface area (Å²) in [5.74, 6) is -1.56. The van der Waals surface area contributed by atoms with Crippen molar-refractivity contribution in [2.75, 3.05) is 16.8 Å². The molecule has 0 radical (unpaired) electrons. The molecule has 10 heteroatoms. The number of ether oxygens (including phenoxy) is 1. The highest BCUT2D eigenvalue weighted by molar-refractivity contribution is 6.12. The maximum atomic E-state index is 13.7. The van der Waals surface area contributed by atoms with Crippen molar-refractivity contribution >= 4 is 35.1 Å². The van der Waals surface area contributed by atoms with E-state index in [1.807, 2.05) is 0 Å². The zero-order valence-electron chi connectivity index (χ0n) is 20.3. The summed E-state index contributed by atoms with van der Waals surface area (Å²) in [6.07, 6.45) is 5.08. The van der Waals surface area contributed by atoms with E-state index in [0.717, 1.165) is 32.1 Å². The van der Waals surface area contributed by atoms with Gasteiger partial charge in [-0.2, -0.15) is 5.10 Å². The molecule has 10 nitrogen and oxygen atoms in total. The van der Waals surface area contributed by atoms with Crippen molar-refractivity contribution in [2.45, 2.75) is 71.0 Å². The minimum absolute atomic E-state index is 0.0214. The van der Waals surface area contributed by atoms with Crippen molar-refractivity contribution in [1.29, 1.82) is 0 Å². The van der Waals surface area contributed by atoms with Gasteiger partial charge in [0.2, 0.25) is 11.8 Å². The number of amides is 3. The first kappa shape index (κ1) is 24.4. The molecule has 3 amide bonds. The lowest BCUT2D eigenvalue weighted by Crippen LogP contribution is -2.65. The maximum absolute atomic E-state index is 13.7. The van der Waals surface area contributed by atoms with Crippen LogP contribution in [0, 0.1) is 0 Å². The second-order valence-electron chi connectivity index (χ2n) is 9.24. The molecule has 1 aromatic heterocycles. The number of fused-ring (bicyclic) bond motifs is 1. The van der Waals surface area contributed by atoms with Gasteiger partial charge in [-0.15, -0.1) is 0 Å². The number of carbonyl (C=O) groups excluding carboxylic acids is 4. The Bertz CT molecular complexity index is 1140. The molecule has 0 unspecified atom stereocenters. The van der Waals surface area contributed by atoms with Gasteiger partial charge in [-0.05, 0) is 51.0 Å². The number of rotatable bonds is 6. The van der Waals surface area contributed by atoms with Gasteiger partial charge in [0.25, 0.3) is 5.91 Å². The van der Waals surface area contributed by atoms with Gasteiger partial charge in [-0.25, -0.2) is 4.79 Å². The number of carbonyl (C=O) groups is 4. The van der Waals surface area contributed by atoms with E-state index < -0.39 is 17.4 Å². The zero-order valence-corrected chi connectivity index (χ0v) is 20.3. The fourth-order valence-electron chi connectivity index (χ4n) is 4.78. The molecule has 2 aromatic rings. The number of hydrogen-bond donors (Lipinski definition) is 2. The Labute approximate surface area is 204 Å². The molecule has 1 fully saturated rings. The summed E-state index contributed by atoms with van der Waals surface area (Å²) in [6, 6.07) is 8.19. The molecule has 1 atom stereocenters. The van der Waals surface area contributed by atoms with Crippen LogP contribution in [0.4, 0.5) is 11.4 Å². The fourth-order valence-corrected chi connectivity index (χ4v) is 4.78. The molecule has 4 rings (SSSR count). The highest BCUT2D eigenvalue weighted by Gasteiger charge is 2.49. The number of esters is 1. The quantitative estimate of drug-likeness (QED) is 0.612. The lowest BCUT2D eigenvalue weighted by atomic mass is 9.91. The second kappa shape index (κ2) is 9.89. The molecule has 1 aromatic carbocycles. The first-order valence-electron chi connectivity index (χ1n) is 12.0. The molecule has 2 N–H and O–H groups in total. The van der Waals surface area contributed by atoms with Crippen molar-refractivity contribution in [3.63, 3.8) is 0 Å². The lowest BCUT2D eigenvalue weighted by molar-refractivity contribution is -0.127. The van der Waals surface area contributed by atoms with Gasteiger partial charge in [0.15, 0.2) is 5.69 Å². The van der Waals surface area contributed by atoms with Gasteiger partial charge in [0.1, 0.15) is 11.2 Å². The summed E-state index contributed by atoms with van der Waals surface area (Å²) in [5, 5.41) is 10.1. The third-order valence-corrected chi connectivity index (χ3v) is 6.51. The first-order chi connectivity index (χ1) is 16.7. The van der Waals surface area contributed by atoms with E-state index in [9.17, 15) is 19.2 Å². The molecule has 2 aliphatic rings. The normalized spacial score (nSPS) is 20.2. The van der Waals surface area contributed by atoms with Crippen LogP contribution in [0.1, 0.15) is 73.9 Å². The summed E-state index contributed by atoms with van der Waals surface area (Å²) < 4.78 is 6.46. The molecule has 2 heterocycles. The number of aromatic nitrogens is 2. The standard InChI is InChI=1S/C25H31N5O5/c1-4-35-23(33)20-14-21-22(32)30(19-12-10-18(11-13-19)26-16(2)31)25(3,15-29(21)28-20)24(34)27-17-8-6-5-7-9-17/h10-14,17H,4-9,15H2,1-3H3,(H,26,31)(H,27,34)/t25-/m1/s1. The number of hydrogen-bond acceptors (Lipinski definition) is 6. The Balaban J connectivity index is 1.72. The van der Waals surface area contributed by atoms with E-state index in [4.69, 9.17) is 4.74 Å². The van der Waals surface area contributed by atoms with Crippen LogP contribution in [-0.2, 0) is 20.9 Å². The number of nitrogens with one attached hydrogen (secondary N) is 2. The molecule has 1 aliphatic heterocycles. The molecule has 1 aliphatic carbocycles. The van der Waals surface area contributed by atoms with Crippen LogP contribution in [-0.4, -0.2) is 51.7 Å². The molecule has 0 bridgehead atoms. The van der Waals surface area contributed by atoms with Crippen LogP contribution in [0.5, 0.6) is 0 Å². The third-order valence-electron chi connectivity index (χ3n) is 6.51. The Morgan fingerprint density at radius 1 is 1.14 bits per heavy atom. The minimum atomic E-state index is -1.30. The molecular formula is C25H31N5O5. The molecule has 0 spiro atoms. The van der Waals surface area contributed by atoms with Gasteiger partial charge >= 0.3 is 5.97 Å². The Morgan fingerprint density at radius 2 is 1.83 bits per heavy atom. The summed E-state index contributed by atoms with van der Waals surface area (Å²) in [7, 11) is 0. The van der Waals surface area contributed by atoms with Crippen LogP contribution in [0.2, 0.25) is 0 Å². The van der Waals surface area contributed by atoms with Gasteiger partial charge in [-0.3, -0.25) is 24.0 Å². The van der Waals surface area contributed by atoms with E-state index in [0.29, 0.717) is 11.4 Å². The lowest BCUT2D eigenvalue weighted by Gasteiger charge is -2.44. The Morgan fingerprint density at radius 3 is 2.46 bits per heavy atom. The first-order valence-corrected chi connectivity index (χ1v) is 12.0. The van der Waals surface area contributed by atoms with Crippen LogP contribution in [0.15, 0.2) is 30.3 Å². The Hall–Kier alpha value is -3.69. The van der Waals surface area contributed by atoms with Crippen molar-refractivity contribution < 1.29 is 23.9 Å². The predicted octanol–water partition coefficient (Wildman–Crippen LogP) is 2.89. The van der Waals surface area contributed by atoms with Crippen LogP contribution >= 0.6 is 0 Å². The van der Waals surface area contributed by atoms with E-state index in [1.54, 1.807) is 38.1 Å². The molecule has 1 saturated carbocycles. The van der Waals surface area contributed by atoms with E-state index in [2.05, 4.69) is 15.7 Å². The predicted molar refractivity (Wildman–Crippen MR) is 129 cm³/mol. The SMILES string of the molecule is CCOC(=O)c1cc2n(n1)C[C@](C)(C(=O)NC1CCCCC1)N(c1ccc(NC(C)=O)cc1)C2=O. The monoisotopic (exact) mass is 481 g/mol. The van der Waals surface area contributed by atoms with Crippen LogP contribution in [0.25, 0.3) is 0 Å². The van der Waals surface area contributed by atoms with Crippen molar-refractivity contribution in [3.8, 4) is 0 Å². The van der Waals surface area contributed by atoms with E-state index >= 15 is 0 Å². The molecular weight excluding hydrogens is 450 g/mol. The molecule has 186 valence electrons. The van der Waals surface area contributed by atoms with Gasteiger partial charge in [-0.1, -0.05) is 19.3 Å². The third kappa shape index (κ3) is 4.91.